The molecule has 0 radical (unpaired) electrons. The molecule has 3 aromatic heterocycles. The lowest BCUT2D eigenvalue weighted by Gasteiger charge is -2.15. The minimum absolute atomic E-state index is 0.0649. The average Bonchev–Trinajstić information content (AvgIpc) is 3.59. The zero-order valence-electron chi connectivity index (χ0n) is 19.1. The summed E-state index contributed by atoms with van der Waals surface area (Å²) in [5.74, 6) is 0. The van der Waals surface area contributed by atoms with Gasteiger partial charge in [0.1, 0.15) is 5.57 Å². The van der Waals surface area contributed by atoms with Crippen LogP contribution in [0.2, 0.25) is 0 Å². The van der Waals surface area contributed by atoms with Gasteiger partial charge in [-0.3, -0.25) is 8.63 Å². The quantitative estimate of drug-likeness (QED) is 0.147. The normalized spacial score (nSPS) is 14.3. The van der Waals surface area contributed by atoms with Gasteiger partial charge in [0.25, 0.3) is 0 Å². The van der Waals surface area contributed by atoms with Crippen molar-refractivity contribution in [1.82, 2.24) is 4.48 Å². The Hall–Kier alpha value is -2.80. The van der Waals surface area contributed by atoms with E-state index in [2.05, 4.69) is 4.99 Å². The lowest BCUT2D eigenvalue weighted by Crippen LogP contribution is -2.21. The number of rotatable bonds is 6. The van der Waals surface area contributed by atoms with Crippen molar-refractivity contribution in [2.45, 2.75) is 24.4 Å². The van der Waals surface area contributed by atoms with E-state index in [0.717, 1.165) is 14.0 Å². The summed E-state index contributed by atoms with van der Waals surface area (Å²) in [6, 6.07) is 23.4. The fraction of sp³-hybridized carbons (Fsp3) is 0.0385. The number of benzene rings is 2. The van der Waals surface area contributed by atoms with Crippen molar-refractivity contribution in [3.8, 4) is 0 Å². The van der Waals surface area contributed by atoms with Gasteiger partial charge in [-0.25, -0.2) is 4.99 Å². The Morgan fingerprint density at radius 3 is 1.97 bits per heavy atom. The summed E-state index contributed by atoms with van der Waals surface area (Å²) < 4.78 is 74.7. The molecular formula is C26H14BF5N2S4. The molecule has 4 heterocycles. The molecule has 0 atom stereocenters. The van der Waals surface area contributed by atoms with E-state index < -0.39 is 24.8 Å². The minimum Gasteiger partial charge on any atom is -0.324 e. The van der Waals surface area contributed by atoms with Crippen LogP contribution in [0.15, 0.2) is 108 Å². The Kier molecular flexibility index (Phi) is 6.75. The van der Waals surface area contributed by atoms with Crippen LogP contribution in [0, 0.1) is 0 Å². The molecule has 1 aliphatic heterocycles. The van der Waals surface area contributed by atoms with Gasteiger partial charge in [-0.05, 0) is 48.5 Å². The molecule has 190 valence electrons. The average molecular weight is 588 g/mol. The number of allylic oxidation sites excluding steroid dienone is 2. The molecule has 0 fully saturated rings. The SMILES string of the molecule is FB(F)n1c(/C(=C2/C=c3sc(Sc4ccccc4)cc3=N2)C(F)(F)F)cc2sc(Sc3ccccc3)cc21. The van der Waals surface area contributed by atoms with Crippen molar-refractivity contribution < 1.29 is 21.8 Å². The molecule has 0 spiro atoms. The van der Waals surface area contributed by atoms with Crippen LogP contribution in [0.5, 0.6) is 0 Å². The van der Waals surface area contributed by atoms with Gasteiger partial charge in [0.05, 0.1) is 34.2 Å². The molecule has 0 amide bonds. The van der Waals surface area contributed by atoms with Crippen molar-refractivity contribution in [1.29, 1.82) is 0 Å². The highest BCUT2D eigenvalue weighted by Crippen LogP contribution is 2.44. The zero-order chi connectivity index (χ0) is 26.4. The van der Waals surface area contributed by atoms with Crippen molar-refractivity contribution >= 4 is 75.5 Å². The Balaban J connectivity index is 1.42. The third kappa shape index (κ3) is 4.97. The highest BCUT2D eigenvalue weighted by Gasteiger charge is 2.42. The van der Waals surface area contributed by atoms with Gasteiger partial charge in [0.15, 0.2) is 0 Å². The van der Waals surface area contributed by atoms with Gasteiger partial charge >= 0.3 is 13.6 Å². The summed E-state index contributed by atoms with van der Waals surface area (Å²) in [5, 5.41) is 0.406. The third-order valence-corrected chi connectivity index (χ3v) is 10.0. The smallest absolute Gasteiger partial charge is 0.324 e. The number of hydrogen-bond donors (Lipinski definition) is 0. The number of aromatic nitrogens is 1. The van der Waals surface area contributed by atoms with Crippen molar-refractivity contribution in [3.05, 3.63) is 100 Å². The lowest BCUT2D eigenvalue weighted by atomic mass is 10.1. The monoisotopic (exact) mass is 588 g/mol. The van der Waals surface area contributed by atoms with E-state index in [0.29, 0.717) is 23.3 Å². The van der Waals surface area contributed by atoms with E-state index in [-0.39, 0.29) is 11.2 Å². The maximum Gasteiger partial charge on any atom is 0.678 e. The van der Waals surface area contributed by atoms with Gasteiger partial charge < -0.3 is 4.48 Å². The summed E-state index contributed by atoms with van der Waals surface area (Å²) in [6.45, 7) is 0. The second kappa shape index (κ2) is 10.1. The number of alkyl halides is 3. The Morgan fingerprint density at radius 2 is 1.42 bits per heavy atom. The molecule has 12 heteroatoms. The van der Waals surface area contributed by atoms with Crippen LogP contribution in [0.3, 0.4) is 0 Å². The highest BCUT2D eigenvalue weighted by atomic mass is 32.2. The Bertz CT molecular complexity index is 1750. The number of thiophene rings is 2. The first-order valence-electron chi connectivity index (χ1n) is 11.2. The van der Waals surface area contributed by atoms with Crippen LogP contribution >= 0.6 is 46.2 Å². The number of nitrogens with zero attached hydrogens (tertiary/aromatic N) is 2. The molecule has 38 heavy (non-hydrogen) atoms. The first kappa shape index (κ1) is 25.5. The van der Waals surface area contributed by atoms with Crippen molar-refractivity contribution in [3.63, 3.8) is 0 Å². The summed E-state index contributed by atoms with van der Waals surface area (Å²) in [7, 11) is -3.16. The van der Waals surface area contributed by atoms with E-state index in [1.165, 1.54) is 64.4 Å². The molecule has 2 aromatic carbocycles. The second-order valence-corrected chi connectivity index (χ2v) is 13.1. The number of fused-ring (bicyclic) bond motifs is 2. The Labute approximate surface area is 230 Å². The lowest BCUT2D eigenvalue weighted by molar-refractivity contribution is -0.0695. The number of hydrogen-bond acceptors (Lipinski definition) is 5. The topological polar surface area (TPSA) is 17.3 Å². The van der Waals surface area contributed by atoms with Gasteiger partial charge in [-0.15, -0.1) is 22.7 Å². The van der Waals surface area contributed by atoms with Gasteiger partial charge in [0, 0.05) is 15.5 Å². The molecule has 2 nitrogen and oxygen atoms in total. The minimum atomic E-state index is -4.89. The molecule has 1 aliphatic rings. The number of halogens is 5. The highest BCUT2D eigenvalue weighted by molar-refractivity contribution is 8.01. The van der Waals surface area contributed by atoms with Crippen LogP contribution in [0.4, 0.5) is 21.8 Å². The largest absolute Gasteiger partial charge is 0.678 e. The van der Waals surface area contributed by atoms with Gasteiger partial charge in [-0.2, -0.15) is 13.2 Å². The second-order valence-electron chi connectivity index (χ2n) is 8.15. The van der Waals surface area contributed by atoms with Crippen LogP contribution < -0.4 is 9.89 Å². The third-order valence-electron chi connectivity index (χ3n) is 5.64. The van der Waals surface area contributed by atoms with Crippen LogP contribution in [0.1, 0.15) is 5.69 Å². The van der Waals surface area contributed by atoms with Gasteiger partial charge in [-0.1, -0.05) is 59.9 Å². The standard InChI is InChI=1S/C26H14BF5N2S4/c28-26(29,30)25(18-11-21-17(33-18)12-23(37-21)35-15-7-3-1-4-8-15)20-13-22-19(34(20)27(31)32)14-24(38-22)36-16-9-5-2-6-10-16/h1-14H/b25-18+. The van der Waals surface area contributed by atoms with E-state index in [4.69, 9.17) is 0 Å². The maximum absolute atomic E-state index is 14.4. The molecule has 0 N–H and O–H groups in total. The maximum atomic E-state index is 14.4. The fourth-order valence-electron chi connectivity index (χ4n) is 4.10. The Morgan fingerprint density at radius 1 is 0.816 bits per heavy atom. The first-order chi connectivity index (χ1) is 18.3. The van der Waals surface area contributed by atoms with Crippen LogP contribution in [-0.4, -0.2) is 18.1 Å². The fourth-order valence-corrected chi connectivity index (χ4v) is 8.53. The predicted octanol–water partition coefficient (Wildman–Crippen LogP) is 8.23. The molecule has 0 unspecified atom stereocenters. The molecule has 5 aromatic rings. The summed E-state index contributed by atoms with van der Waals surface area (Å²) in [6.07, 6.45) is -3.55. The summed E-state index contributed by atoms with van der Waals surface area (Å²) >= 11 is 5.38. The summed E-state index contributed by atoms with van der Waals surface area (Å²) in [5.41, 5.74) is -2.05. The predicted molar refractivity (Wildman–Crippen MR) is 147 cm³/mol. The molecule has 0 bridgehead atoms. The summed E-state index contributed by atoms with van der Waals surface area (Å²) in [4.78, 5) is 6.14. The van der Waals surface area contributed by atoms with Gasteiger partial charge in [0.2, 0.25) is 0 Å². The zero-order valence-corrected chi connectivity index (χ0v) is 22.3. The molecule has 0 saturated heterocycles. The van der Waals surface area contributed by atoms with Crippen LogP contribution in [-0.2, 0) is 0 Å². The van der Waals surface area contributed by atoms with Crippen molar-refractivity contribution in [2.75, 3.05) is 0 Å². The van der Waals surface area contributed by atoms with E-state index in [9.17, 15) is 21.8 Å². The van der Waals surface area contributed by atoms with Crippen LogP contribution in [0.25, 0.3) is 21.9 Å². The van der Waals surface area contributed by atoms with E-state index in [1.54, 1.807) is 6.07 Å². The molecule has 0 saturated carbocycles. The van der Waals surface area contributed by atoms with Crippen molar-refractivity contribution in [2.24, 2.45) is 4.99 Å². The van der Waals surface area contributed by atoms with E-state index in [1.807, 2.05) is 60.7 Å². The molecule has 6 rings (SSSR count). The first-order valence-corrected chi connectivity index (χ1v) is 14.4. The van der Waals surface area contributed by atoms with E-state index >= 15 is 0 Å². The molecule has 0 aliphatic carbocycles. The molecular weight excluding hydrogens is 574 g/mol.